The normalized spacial score (nSPS) is 12.4. The highest BCUT2D eigenvalue weighted by Crippen LogP contribution is 2.28. The molecule has 2 aromatic rings. The molecule has 108 valence electrons. The highest BCUT2D eigenvalue weighted by atomic mass is 35.5. The number of aryl methyl sites for hydroxylation is 1. The van der Waals surface area contributed by atoms with Crippen molar-refractivity contribution in [3.05, 3.63) is 47.0 Å². The quantitative estimate of drug-likeness (QED) is 0.886. The zero-order valence-electron chi connectivity index (χ0n) is 11.7. The molecule has 4 nitrogen and oxygen atoms in total. The van der Waals surface area contributed by atoms with Gasteiger partial charge in [-0.3, -0.25) is 0 Å². The van der Waals surface area contributed by atoms with Crippen molar-refractivity contribution in [1.29, 1.82) is 0 Å². The number of hydrogen-bond acceptors (Lipinski definition) is 3. The molecule has 20 heavy (non-hydrogen) atoms. The maximum absolute atomic E-state index is 9.77. The molecule has 0 radical (unpaired) electrons. The molecule has 0 aliphatic heterocycles. The van der Waals surface area contributed by atoms with Crippen LogP contribution in [0.4, 0.5) is 0 Å². The summed E-state index contributed by atoms with van der Waals surface area (Å²) in [6.45, 7) is 5.15. The summed E-state index contributed by atoms with van der Waals surface area (Å²) in [7, 11) is 0. The third-order valence-electron chi connectivity index (χ3n) is 3.06. The Hall–Kier alpha value is -1.52. The number of aliphatic hydroxyl groups is 1. The predicted octanol–water partition coefficient (Wildman–Crippen LogP) is 3.58. The largest absolute Gasteiger partial charge is 0.487 e. The second kappa shape index (κ2) is 6.77. The number of hydrogen-bond donors (Lipinski definition) is 1. The van der Waals surface area contributed by atoms with Gasteiger partial charge in [-0.05, 0) is 31.5 Å². The van der Waals surface area contributed by atoms with E-state index in [0.717, 1.165) is 18.7 Å². The van der Waals surface area contributed by atoms with Crippen LogP contribution in [0.5, 0.6) is 5.75 Å². The standard InChI is InChI=1S/C15H19ClN2O2/c1-3-6-18-10-17-8-13(18)9-20-15-5-4-12(16)7-14(15)11(2)19/h4-5,7-8,10-11,19H,3,6,9H2,1-2H3/t11-/m0/s1. The summed E-state index contributed by atoms with van der Waals surface area (Å²) in [5, 5.41) is 10.4. The van der Waals surface area contributed by atoms with Crippen LogP contribution < -0.4 is 4.74 Å². The van der Waals surface area contributed by atoms with Gasteiger partial charge in [0.15, 0.2) is 0 Å². The molecule has 0 aliphatic rings. The van der Waals surface area contributed by atoms with Crippen LogP contribution in [0, 0.1) is 0 Å². The highest BCUT2D eigenvalue weighted by Gasteiger charge is 2.11. The molecule has 0 aliphatic carbocycles. The zero-order chi connectivity index (χ0) is 14.5. The molecule has 2 rings (SSSR count). The van der Waals surface area contributed by atoms with E-state index in [9.17, 15) is 5.11 Å². The average molecular weight is 295 g/mol. The van der Waals surface area contributed by atoms with E-state index in [1.165, 1.54) is 0 Å². The lowest BCUT2D eigenvalue weighted by Gasteiger charge is -2.14. The van der Waals surface area contributed by atoms with Crippen molar-refractivity contribution in [1.82, 2.24) is 9.55 Å². The number of benzene rings is 1. The number of ether oxygens (including phenoxy) is 1. The molecule has 0 bridgehead atoms. The summed E-state index contributed by atoms with van der Waals surface area (Å²) in [5.41, 5.74) is 1.71. The molecule has 1 heterocycles. The van der Waals surface area contributed by atoms with Gasteiger partial charge < -0.3 is 14.4 Å². The summed E-state index contributed by atoms with van der Waals surface area (Å²) in [4.78, 5) is 4.14. The van der Waals surface area contributed by atoms with E-state index in [1.54, 1.807) is 37.6 Å². The van der Waals surface area contributed by atoms with E-state index >= 15 is 0 Å². The lowest BCUT2D eigenvalue weighted by molar-refractivity contribution is 0.189. The third-order valence-corrected chi connectivity index (χ3v) is 3.30. The first-order valence-corrected chi connectivity index (χ1v) is 7.09. The third kappa shape index (κ3) is 3.52. The minimum absolute atomic E-state index is 0.418. The Balaban J connectivity index is 2.12. The summed E-state index contributed by atoms with van der Waals surface area (Å²) in [5.74, 6) is 0.647. The molecule has 0 fully saturated rings. The molecule has 0 saturated carbocycles. The van der Waals surface area contributed by atoms with Crippen LogP contribution in [-0.4, -0.2) is 14.7 Å². The molecular formula is C15H19ClN2O2. The van der Waals surface area contributed by atoms with Crippen LogP contribution in [0.3, 0.4) is 0 Å². The van der Waals surface area contributed by atoms with E-state index in [1.807, 2.05) is 0 Å². The first-order valence-electron chi connectivity index (χ1n) is 6.71. The molecule has 5 heteroatoms. The van der Waals surface area contributed by atoms with E-state index in [4.69, 9.17) is 16.3 Å². The van der Waals surface area contributed by atoms with Crippen molar-refractivity contribution in [2.24, 2.45) is 0 Å². The number of aromatic nitrogens is 2. The van der Waals surface area contributed by atoms with Gasteiger partial charge in [-0.1, -0.05) is 18.5 Å². The summed E-state index contributed by atoms with van der Waals surface area (Å²) >= 11 is 5.95. The van der Waals surface area contributed by atoms with Crippen molar-refractivity contribution in [3.8, 4) is 5.75 Å². The Morgan fingerprint density at radius 3 is 2.95 bits per heavy atom. The first kappa shape index (κ1) is 14.9. The second-order valence-electron chi connectivity index (χ2n) is 4.73. The first-order chi connectivity index (χ1) is 9.61. The van der Waals surface area contributed by atoms with Gasteiger partial charge in [0.2, 0.25) is 0 Å². The number of imidazole rings is 1. The fourth-order valence-electron chi connectivity index (χ4n) is 2.04. The Morgan fingerprint density at radius 1 is 1.45 bits per heavy atom. The van der Waals surface area contributed by atoms with E-state index in [-0.39, 0.29) is 0 Å². The Morgan fingerprint density at radius 2 is 2.25 bits per heavy atom. The molecule has 1 N–H and O–H groups in total. The molecule has 1 aromatic carbocycles. The zero-order valence-corrected chi connectivity index (χ0v) is 12.5. The number of halogens is 1. The number of aliphatic hydroxyl groups excluding tert-OH is 1. The minimum atomic E-state index is -0.621. The van der Waals surface area contributed by atoms with E-state index in [0.29, 0.717) is 22.9 Å². The van der Waals surface area contributed by atoms with E-state index < -0.39 is 6.10 Å². The molecular weight excluding hydrogens is 276 g/mol. The van der Waals surface area contributed by atoms with Crippen molar-refractivity contribution >= 4 is 11.6 Å². The van der Waals surface area contributed by atoms with Gasteiger partial charge in [0.1, 0.15) is 12.4 Å². The Labute approximate surface area is 124 Å². The number of rotatable bonds is 6. The molecule has 1 aromatic heterocycles. The predicted molar refractivity (Wildman–Crippen MR) is 78.9 cm³/mol. The lowest BCUT2D eigenvalue weighted by atomic mass is 10.1. The van der Waals surface area contributed by atoms with Crippen molar-refractivity contribution in [2.75, 3.05) is 0 Å². The van der Waals surface area contributed by atoms with Crippen LogP contribution in [0.1, 0.15) is 37.6 Å². The van der Waals surface area contributed by atoms with Crippen LogP contribution in [0.2, 0.25) is 5.02 Å². The summed E-state index contributed by atoms with van der Waals surface area (Å²) in [6, 6.07) is 5.27. The highest BCUT2D eigenvalue weighted by molar-refractivity contribution is 6.30. The maximum Gasteiger partial charge on any atom is 0.130 e. The fraction of sp³-hybridized carbons (Fsp3) is 0.400. The molecule has 0 unspecified atom stereocenters. The van der Waals surface area contributed by atoms with Gasteiger partial charge in [0.25, 0.3) is 0 Å². The Kier molecular flexibility index (Phi) is 5.04. The lowest BCUT2D eigenvalue weighted by Crippen LogP contribution is -2.06. The molecule has 0 amide bonds. The van der Waals surface area contributed by atoms with Gasteiger partial charge in [-0.25, -0.2) is 4.98 Å². The average Bonchev–Trinajstić information content (AvgIpc) is 2.85. The molecule has 0 saturated heterocycles. The minimum Gasteiger partial charge on any atom is -0.487 e. The van der Waals surface area contributed by atoms with Gasteiger partial charge in [0.05, 0.1) is 24.3 Å². The van der Waals surface area contributed by atoms with Gasteiger partial charge in [-0.2, -0.15) is 0 Å². The monoisotopic (exact) mass is 294 g/mol. The van der Waals surface area contributed by atoms with Crippen molar-refractivity contribution in [3.63, 3.8) is 0 Å². The van der Waals surface area contributed by atoms with Gasteiger partial charge in [-0.15, -0.1) is 0 Å². The fourth-order valence-corrected chi connectivity index (χ4v) is 2.22. The summed E-state index contributed by atoms with van der Waals surface area (Å²) < 4.78 is 7.87. The maximum atomic E-state index is 9.77. The van der Waals surface area contributed by atoms with Crippen LogP contribution in [0.15, 0.2) is 30.7 Å². The topological polar surface area (TPSA) is 47.3 Å². The second-order valence-corrected chi connectivity index (χ2v) is 5.16. The summed E-state index contributed by atoms with van der Waals surface area (Å²) in [6.07, 6.45) is 4.03. The van der Waals surface area contributed by atoms with Crippen LogP contribution in [-0.2, 0) is 13.2 Å². The van der Waals surface area contributed by atoms with E-state index in [2.05, 4.69) is 16.5 Å². The molecule has 1 atom stereocenters. The van der Waals surface area contributed by atoms with Crippen LogP contribution >= 0.6 is 11.6 Å². The Bertz CT molecular complexity index is 567. The van der Waals surface area contributed by atoms with Gasteiger partial charge in [0, 0.05) is 17.1 Å². The molecule has 0 spiro atoms. The van der Waals surface area contributed by atoms with Crippen LogP contribution in [0.25, 0.3) is 0 Å². The smallest absolute Gasteiger partial charge is 0.130 e. The van der Waals surface area contributed by atoms with Crippen molar-refractivity contribution < 1.29 is 9.84 Å². The van der Waals surface area contributed by atoms with Crippen molar-refractivity contribution in [2.45, 2.75) is 39.5 Å². The SMILES string of the molecule is CCCn1cncc1COc1ccc(Cl)cc1[C@H](C)O. The number of nitrogens with zero attached hydrogens (tertiary/aromatic N) is 2. The van der Waals surface area contributed by atoms with Gasteiger partial charge >= 0.3 is 0 Å².